The Bertz CT molecular complexity index is 1490. The zero-order valence-corrected chi connectivity index (χ0v) is 20.1. The van der Waals surface area contributed by atoms with Gasteiger partial charge in [0.25, 0.3) is 5.69 Å². The van der Waals surface area contributed by atoms with E-state index in [0.717, 1.165) is 12.4 Å². The van der Waals surface area contributed by atoms with E-state index in [1.807, 2.05) is 0 Å². The van der Waals surface area contributed by atoms with Gasteiger partial charge in [0.1, 0.15) is 30.2 Å². The number of anilines is 1. The molecule has 38 heavy (non-hydrogen) atoms. The number of rotatable bonds is 10. The fourth-order valence-electron chi connectivity index (χ4n) is 3.76. The van der Waals surface area contributed by atoms with E-state index in [0.29, 0.717) is 0 Å². The summed E-state index contributed by atoms with van der Waals surface area (Å²) in [7, 11) is -4.70. The number of nitrogens with one attached hydrogen (secondary N) is 1. The number of benzene rings is 1. The topological polar surface area (TPSA) is 252 Å². The van der Waals surface area contributed by atoms with Gasteiger partial charge in [0.05, 0.1) is 23.4 Å². The Morgan fingerprint density at radius 3 is 2.66 bits per heavy atom. The number of hydrogen-bond acceptors (Lipinski definition) is 14. The average Bonchev–Trinajstić information content (AvgIpc) is 3.42. The maximum Gasteiger partial charge on any atom is 0.362 e. The standard InChI is InChI=1S/C20H21N7O10S/c21-18-15-19(23-8-22-18)26(9-24-15)20-17(31)16(30)13(37-20)7-36-38(34,35)25-14(29)6-5-12(28)10-3-1-2-4-11(10)27(32)33/h1-4,8-9,13,16-17,20,30-31H,5-7H2,(H,25,29)(H2,21,22,23)/t13-,16-,17-,20-/m1/s1. The molecule has 17 nitrogen and oxygen atoms in total. The van der Waals surface area contributed by atoms with E-state index in [1.165, 1.54) is 29.1 Å². The highest BCUT2D eigenvalue weighted by molar-refractivity contribution is 7.85. The molecule has 1 aliphatic rings. The van der Waals surface area contributed by atoms with Crippen LogP contribution in [0.1, 0.15) is 29.4 Å². The fourth-order valence-corrected chi connectivity index (χ4v) is 4.51. The maximum atomic E-state index is 12.3. The van der Waals surface area contributed by atoms with Gasteiger partial charge in [0, 0.05) is 18.9 Å². The van der Waals surface area contributed by atoms with Crippen molar-refractivity contribution in [1.29, 1.82) is 0 Å². The summed E-state index contributed by atoms with van der Waals surface area (Å²) < 4.78 is 37.5. The molecule has 1 aliphatic heterocycles. The summed E-state index contributed by atoms with van der Waals surface area (Å²) >= 11 is 0. The fraction of sp³-hybridized carbons (Fsp3) is 0.350. The first-order valence-electron chi connectivity index (χ1n) is 10.9. The van der Waals surface area contributed by atoms with Crippen LogP contribution in [0, 0.1) is 10.1 Å². The number of Topliss-reactive ketones (excluding diaryl/α,β-unsaturated/α-hetero) is 1. The first kappa shape index (κ1) is 26.9. The minimum atomic E-state index is -4.70. The monoisotopic (exact) mass is 551 g/mol. The summed E-state index contributed by atoms with van der Waals surface area (Å²) in [5.41, 5.74) is 5.50. The number of aliphatic hydroxyl groups excluding tert-OH is 2. The molecular weight excluding hydrogens is 530 g/mol. The van der Waals surface area contributed by atoms with Gasteiger partial charge in [-0.2, -0.15) is 8.42 Å². The third-order valence-corrected chi connectivity index (χ3v) is 6.53. The van der Waals surface area contributed by atoms with Crippen molar-refractivity contribution in [3.05, 3.63) is 52.6 Å². The lowest BCUT2D eigenvalue weighted by Gasteiger charge is -2.16. The van der Waals surface area contributed by atoms with Crippen molar-refractivity contribution in [2.24, 2.45) is 0 Å². The summed E-state index contributed by atoms with van der Waals surface area (Å²) in [6, 6.07) is 5.14. The van der Waals surface area contributed by atoms with E-state index in [1.54, 1.807) is 4.72 Å². The Hall–Kier alpha value is -4.10. The number of fused-ring (bicyclic) bond motifs is 1. The molecule has 2 aromatic heterocycles. The second-order valence-electron chi connectivity index (χ2n) is 8.09. The number of carbonyl (C=O) groups excluding carboxylic acids is 2. The van der Waals surface area contributed by atoms with Crippen LogP contribution in [-0.4, -0.2) is 79.7 Å². The van der Waals surface area contributed by atoms with Crippen molar-refractivity contribution in [3.8, 4) is 0 Å². The first-order chi connectivity index (χ1) is 18.0. The van der Waals surface area contributed by atoms with Crippen molar-refractivity contribution in [1.82, 2.24) is 24.2 Å². The van der Waals surface area contributed by atoms with Crippen molar-refractivity contribution in [3.63, 3.8) is 0 Å². The van der Waals surface area contributed by atoms with Crippen molar-refractivity contribution < 1.29 is 42.1 Å². The number of imidazole rings is 1. The largest absolute Gasteiger partial charge is 0.387 e. The number of carbonyl (C=O) groups is 2. The van der Waals surface area contributed by atoms with Crippen LogP contribution in [0.5, 0.6) is 0 Å². The van der Waals surface area contributed by atoms with Gasteiger partial charge in [-0.15, -0.1) is 0 Å². The number of nitrogen functional groups attached to an aromatic ring is 1. The maximum absolute atomic E-state index is 12.3. The van der Waals surface area contributed by atoms with Gasteiger partial charge >= 0.3 is 10.3 Å². The van der Waals surface area contributed by atoms with E-state index in [-0.39, 0.29) is 22.5 Å². The molecule has 4 rings (SSSR count). The summed E-state index contributed by atoms with van der Waals surface area (Å²) in [5, 5.41) is 31.8. The lowest BCUT2D eigenvalue weighted by Crippen LogP contribution is -2.37. The Morgan fingerprint density at radius 2 is 1.92 bits per heavy atom. The van der Waals surface area contributed by atoms with Crippen LogP contribution in [0.4, 0.5) is 11.5 Å². The number of ether oxygens (including phenoxy) is 1. The summed E-state index contributed by atoms with van der Waals surface area (Å²) in [5.74, 6) is -1.76. The van der Waals surface area contributed by atoms with Crippen LogP contribution >= 0.6 is 0 Å². The number of amides is 1. The SMILES string of the molecule is Nc1ncnc2c1ncn2[C@@H]1O[C@H](COS(=O)(=O)NC(=O)CCC(=O)c2ccccc2[N+](=O)[O-])[C@@H](O)[C@H]1O. The van der Waals surface area contributed by atoms with Crippen molar-refractivity contribution in [2.75, 3.05) is 12.3 Å². The molecule has 0 radical (unpaired) electrons. The van der Waals surface area contributed by atoms with Crippen molar-refractivity contribution in [2.45, 2.75) is 37.4 Å². The molecular formula is C20H21N7O10S. The molecule has 0 spiro atoms. The van der Waals surface area contributed by atoms with Gasteiger partial charge in [-0.3, -0.25) is 28.5 Å². The van der Waals surface area contributed by atoms with Gasteiger partial charge in [-0.25, -0.2) is 19.7 Å². The number of nitrogens with two attached hydrogens (primary N) is 1. The minimum Gasteiger partial charge on any atom is -0.387 e. The van der Waals surface area contributed by atoms with Gasteiger partial charge in [0.15, 0.2) is 23.5 Å². The molecule has 18 heteroatoms. The second-order valence-corrected chi connectivity index (χ2v) is 9.44. The van der Waals surface area contributed by atoms with E-state index in [2.05, 4.69) is 15.0 Å². The summed E-state index contributed by atoms with van der Waals surface area (Å²) in [6.45, 7) is -0.782. The molecule has 1 saturated heterocycles. The van der Waals surface area contributed by atoms with Crippen LogP contribution in [0.2, 0.25) is 0 Å². The molecule has 5 N–H and O–H groups in total. The zero-order valence-electron chi connectivity index (χ0n) is 19.3. The Kier molecular flexibility index (Phi) is 7.60. The molecule has 202 valence electrons. The number of para-hydroxylation sites is 1. The van der Waals surface area contributed by atoms with E-state index < -0.39 is 76.6 Å². The Morgan fingerprint density at radius 1 is 1.18 bits per heavy atom. The first-order valence-corrected chi connectivity index (χ1v) is 12.3. The molecule has 1 fully saturated rings. The van der Waals surface area contributed by atoms with Gasteiger partial charge in [-0.05, 0) is 6.07 Å². The van der Waals surface area contributed by atoms with Crippen molar-refractivity contribution >= 4 is 44.7 Å². The van der Waals surface area contributed by atoms with E-state index in [9.17, 15) is 38.3 Å². The van der Waals surface area contributed by atoms with Crippen LogP contribution in [0.3, 0.4) is 0 Å². The smallest absolute Gasteiger partial charge is 0.362 e. The lowest BCUT2D eigenvalue weighted by atomic mass is 10.0. The number of aromatic nitrogens is 4. The average molecular weight is 551 g/mol. The summed E-state index contributed by atoms with van der Waals surface area (Å²) in [6.07, 6.45) is -4.35. The highest BCUT2D eigenvalue weighted by Gasteiger charge is 2.45. The highest BCUT2D eigenvalue weighted by Crippen LogP contribution is 2.32. The van der Waals surface area contributed by atoms with Crippen LogP contribution < -0.4 is 10.5 Å². The molecule has 1 amide bonds. The minimum absolute atomic E-state index is 0.0761. The van der Waals surface area contributed by atoms with Crippen LogP contribution in [-0.2, 0) is 24.0 Å². The second kappa shape index (κ2) is 10.7. The summed E-state index contributed by atoms with van der Waals surface area (Å²) in [4.78, 5) is 46.5. The molecule has 1 aromatic carbocycles. The molecule has 4 atom stereocenters. The predicted octanol–water partition coefficient (Wildman–Crippen LogP) is -1.02. The number of hydrogen-bond donors (Lipinski definition) is 4. The van der Waals surface area contributed by atoms with Crippen LogP contribution in [0.15, 0.2) is 36.9 Å². The number of ketones is 1. The van der Waals surface area contributed by atoms with Gasteiger partial charge in [-0.1, -0.05) is 12.1 Å². The zero-order chi connectivity index (χ0) is 27.6. The molecule has 0 saturated carbocycles. The normalized spacial score (nSPS) is 21.4. The molecule has 3 aromatic rings. The molecule has 0 bridgehead atoms. The molecule has 3 heterocycles. The van der Waals surface area contributed by atoms with E-state index in [4.69, 9.17) is 14.7 Å². The highest BCUT2D eigenvalue weighted by atomic mass is 32.2. The Labute approximate surface area is 213 Å². The Balaban J connectivity index is 1.32. The number of nitrogens with zero attached hydrogens (tertiary/aromatic N) is 5. The number of nitro groups is 1. The van der Waals surface area contributed by atoms with E-state index >= 15 is 0 Å². The third kappa shape index (κ3) is 5.58. The van der Waals surface area contributed by atoms with Crippen LogP contribution in [0.25, 0.3) is 11.2 Å². The number of nitro benzene ring substituents is 1. The number of aliphatic hydroxyl groups is 2. The quantitative estimate of drug-likeness (QED) is 0.134. The lowest BCUT2D eigenvalue weighted by molar-refractivity contribution is -0.385. The third-order valence-electron chi connectivity index (χ3n) is 5.61. The van der Waals surface area contributed by atoms with Gasteiger partial charge < -0.3 is 20.7 Å². The van der Waals surface area contributed by atoms with Gasteiger partial charge in [0.2, 0.25) is 5.91 Å². The molecule has 0 aliphatic carbocycles. The predicted molar refractivity (Wildman–Crippen MR) is 125 cm³/mol. The molecule has 0 unspecified atom stereocenters.